The minimum absolute atomic E-state index is 0.532. The van der Waals surface area contributed by atoms with Crippen LogP contribution in [0.15, 0.2) is 12.1 Å². The molecular weight excluding hydrogens is 131 g/mol. The molecule has 0 radical (unpaired) electrons. The van der Waals surface area contributed by atoms with E-state index in [1.165, 1.54) is 6.07 Å². The lowest BCUT2D eigenvalue weighted by Gasteiger charge is -1.84. The monoisotopic (exact) mass is 142 g/mol. The summed E-state index contributed by atoms with van der Waals surface area (Å²) < 4.78 is 11.9. The van der Waals surface area contributed by atoms with Crippen molar-refractivity contribution in [3.05, 3.63) is 23.8 Å². The van der Waals surface area contributed by atoms with Gasteiger partial charge in [-0.15, -0.1) is 5.10 Å². The van der Waals surface area contributed by atoms with E-state index < -0.39 is 5.95 Å². The molecular formula is C7H11FN2. The molecule has 0 unspecified atom stereocenters. The fourth-order valence-corrected chi connectivity index (χ4v) is 0.383. The second-order valence-electron chi connectivity index (χ2n) is 1.50. The predicted molar refractivity (Wildman–Crippen MR) is 38.1 cm³/mol. The molecule has 0 N–H and O–H groups in total. The smallest absolute Gasteiger partial charge is 0.183 e. The number of rotatable bonds is 0. The van der Waals surface area contributed by atoms with Crippen LogP contribution < -0.4 is 0 Å². The van der Waals surface area contributed by atoms with Crippen LogP contribution in [0, 0.1) is 12.9 Å². The molecule has 1 aromatic heterocycles. The molecule has 0 fully saturated rings. The molecule has 0 atom stereocenters. The van der Waals surface area contributed by atoms with Gasteiger partial charge in [0.2, 0.25) is 5.95 Å². The van der Waals surface area contributed by atoms with Crippen LogP contribution in [0.5, 0.6) is 0 Å². The van der Waals surface area contributed by atoms with Gasteiger partial charge in [-0.1, -0.05) is 13.8 Å². The van der Waals surface area contributed by atoms with Crippen LogP contribution in [-0.2, 0) is 0 Å². The summed E-state index contributed by atoms with van der Waals surface area (Å²) in [5, 5.41) is 6.62. The number of aromatic nitrogens is 2. The largest absolute Gasteiger partial charge is 0.233 e. The summed E-state index contributed by atoms with van der Waals surface area (Å²) in [4.78, 5) is 0. The number of halogens is 1. The molecule has 0 aliphatic rings. The SMILES string of the molecule is CC.Cc1ccc(F)nn1. The topological polar surface area (TPSA) is 25.8 Å². The average molecular weight is 142 g/mol. The number of hydrogen-bond donors (Lipinski definition) is 0. The van der Waals surface area contributed by atoms with E-state index >= 15 is 0 Å². The third-order valence-electron chi connectivity index (χ3n) is 0.765. The van der Waals surface area contributed by atoms with Gasteiger partial charge in [-0.25, -0.2) is 0 Å². The summed E-state index contributed by atoms with van der Waals surface area (Å²) >= 11 is 0. The van der Waals surface area contributed by atoms with Gasteiger partial charge in [0.05, 0.1) is 5.69 Å². The lowest BCUT2D eigenvalue weighted by Crippen LogP contribution is -1.87. The van der Waals surface area contributed by atoms with Crippen LogP contribution in [0.25, 0.3) is 0 Å². The third-order valence-corrected chi connectivity index (χ3v) is 0.765. The molecule has 2 nitrogen and oxygen atoms in total. The van der Waals surface area contributed by atoms with Crippen LogP contribution in [0.2, 0.25) is 0 Å². The fourth-order valence-electron chi connectivity index (χ4n) is 0.383. The molecule has 1 heterocycles. The van der Waals surface area contributed by atoms with E-state index in [0.717, 1.165) is 5.69 Å². The van der Waals surface area contributed by atoms with Crippen molar-refractivity contribution < 1.29 is 4.39 Å². The van der Waals surface area contributed by atoms with Gasteiger partial charge < -0.3 is 0 Å². The first-order valence-corrected chi connectivity index (χ1v) is 3.25. The highest BCUT2D eigenvalue weighted by molar-refractivity contribution is 4.96. The molecule has 0 aliphatic heterocycles. The third kappa shape index (κ3) is 3.12. The minimum atomic E-state index is -0.532. The van der Waals surface area contributed by atoms with Gasteiger partial charge >= 0.3 is 0 Å². The minimum Gasteiger partial charge on any atom is -0.183 e. The van der Waals surface area contributed by atoms with Crippen molar-refractivity contribution in [3.63, 3.8) is 0 Å². The van der Waals surface area contributed by atoms with E-state index in [1.54, 1.807) is 13.0 Å². The maximum atomic E-state index is 11.9. The van der Waals surface area contributed by atoms with E-state index in [-0.39, 0.29) is 0 Å². The quantitative estimate of drug-likeness (QED) is 0.553. The molecule has 0 saturated heterocycles. The van der Waals surface area contributed by atoms with Crippen molar-refractivity contribution in [2.45, 2.75) is 20.8 Å². The second kappa shape index (κ2) is 4.85. The predicted octanol–water partition coefficient (Wildman–Crippen LogP) is 1.95. The highest BCUT2D eigenvalue weighted by Crippen LogP contribution is 1.89. The Morgan fingerprint density at radius 3 is 2.10 bits per heavy atom. The first kappa shape index (κ1) is 9.01. The lowest BCUT2D eigenvalue weighted by atomic mass is 10.4. The summed E-state index contributed by atoms with van der Waals surface area (Å²) in [7, 11) is 0. The van der Waals surface area contributed by atoms with Crippen molar-refractivity contribution in [2.75, 3.05) is 0 Å². The maximum Gasteiger partial charge on any atom is 0.233 e. The van der Waals surface area contributed by atoms with Gasteiger partial charge in [-0.2, -0.15) is 9.49 Å². The lowest BCUT2D eigenvalue weighted by molar-refractivity contribution is 0.560. The van der Waals surface area contributed by atoms with Crippen molar-refractivity contribution in [2.24, 2.45) is 0 Å². The Morgan fingerprint density at radius 1 is 1.20 bits per heavy atom. The van der Waals surface area contributed by atoms with Crippen LogP contribution in [0.1, 0.15) is 19.5 Å². The van der Waals surface area contributed by atoms with Gasteiger partial charge in [-0.05, 0) is 19.1 Å². The zero-order chi connectivity index (χ0) is 7.98. The Kier molecular flexibility index (Phi) is 4.37. The summed E-state index contributed by atoms with van der Waals surface area (Å²) in [6, 6.07) is 2.85. The standard InChI is InChI=1S/C5H5FN2.C2H6/c1-4-2-3-5(6)8-7-4;1-2/h2-3H,1H3;1-2H3. The number of hydrogen-bond acceptors (Lipinski definition) is 2. The van der Waals surface area contributed by atoms with Gasteiger partial charge in [0.25, 0.3) is 0 Å². The molecule has 3 heteroatoms. The average Bonchev–Trinajstić information content (AvgIpc) is 2.00. The Labute approximate surface area is 60.1 Å². The van der Waals surface area contributed by atoms with Crippen molar-refractivity contribution >= 4 is 0 Å². The number of aryl methyl sites for hydroxylation is 1. The fraction of sp³-hybridized carbons (Fsp3) is 0.429. The van der Waals surface area contributed by atoms with E-state index in [0.29, 0.717) is 0 Å². The first-order valence-electron chi connectivity index (χ1n) is 3.25. The van der Waals surface area contributed by atoms with Crippen molar-refractivity contribution in [1.82, 2.24) is 10.2 Å². The summed E-state index contributed by atoms with van der Waals surface area (Å²) in [6.45, 7) is 5.76. The highest BCUT2D eigenvalue weighted by atomic mass is 19.1. The Hall–Kier alpha value is -0.990. The second-order valence-corrected chi connectivity index (χ2v) is 1.50. The zero-order valence-electron chi connectivity index (χ0n) is 6.43. The molecule has 0 spiro atoms. The molecule has 1 rings (SSSR count). The number of nitrogens with zero attached hydrogens (tertiary/aromatic N) is 2. The highest BCUT2D eigenvalue weighted by Gasteiger charge is 1.86. The van der Waals surface area contributed by atoms with E-state index in [9.17, 15) is 4.39 Å². The van der Waals surface area contributed by atoms with Gasteiger partial charge in [-0.3, -0.25) is 0 Å². The molecule has 0 amide bonds. The zero-order valence-corrected chi connectivity index (χ0v) is 6.43. The van der Waals surface area contributed by atoms with Gasteiger partial charge in [0, 0.05) is 0 Å². The van der Waals surface area contributed by atoms with Crippen LogP contribution in [0.4, 0.5) is 4.39 Å². The molecule has 10 heavy (non-hydrogen) atoms. The molecule has 0 aromatic carbocycles. The molecule has 0 aliphatic carbocycles. The first-order chi connectivity index (χ1) is 4.79. The van der Waals surface area contributed by atoms with Crippen molar-refractivity contribution in [1.29, 1.82) is 0 Å². The Bertz CT molecular complexity index is 150. The van der Waals surface area contributed by atoms with Crippen LogP contribution in [0.3, 0.4) is 0 Å². The van der Waals surface area contributed by atoms with Gasteiger partial charge in [0.1, 0.15) is 0 Å². The Morgan fingerprint density at radius 2 is 1.80 bits per heavy atom. The van der Waals surface area contributed by atoms with E-state index in [4.69, 9.17) is 0 Å². The van der Waals surface area contributed by atoms with Gasteiger partial charge in [0.15, 0.2) is 0 Å². The summed E-state index contributed by atoms with van der Waals surface area (Å²) in [5.74, 6) is -0.532. The normalized spacial score (nSPS) is 8.00. The molecule has 1 aromatic rings. The van der Waals surface area contributed by atoms with Crippen LogP contribution >= 0.6 is 0 Å². The molecule has 0 saturated carbocycles. The van der Waals surface area contributed by atoms with Crippen molar-refractivity contribution in [3.8, 4) is 0 Å². The Balaban J connectivity index is 0.000000371. The summed E-state index contributed by atoms with van der Waals surface area (Å²) in [5.41, 5.74) is 0.728. The van der Waals surface area contributed by atoms with E-state index in [1.807, 2.05) is 13.8 Å². The maximum absolute atomic E-state index is 11.9. The van der Waals surface area contributed by atoms with Crippen LogP contribution in [-0.4, -0.2) is 10.2 Å². The van der Waals surface area contributed by atoms with E-state index in [2.05, 4.69) is 10.2 Å². The molecule has 0 bridgehead atoms. The summed E-state index contributed by atoms with van der Waals surface area (Å²) in [6.07, 6.45) is 0. The molecule has 56 valence electrons.